The van der Waals surface area contributed by atoms with Gasteiger partial charge in [0.1, 0.15) is 11.6 Å². The van der Waals surface area contributed by atoms with Crippen LogP contribution in [0.4, 0.5) is 17.1 Å². The fourth-order valence-electron chi connectivity index (χ4n) is 3.10. The number of fused-ring (bicyclic) bond motifs is 1. The van der Waals surface area contributed by atoms with E-state index in [0.717, 1.165) is 6.07 Å². The number of nitrogens with one attached hydrogen (secondary N) is 1. The number of rotatable bonds is 5. The molecule has 148 valence electrons. The van der Waals surface area contributed by atoms with E-state index in [-0.39, 0.29) is 28.1 Å². The Labute approximate surface area is 163 Å². The number of hydrogen-bond donors (Lipinski definition) is 1. The molecule has 0 aliphatic carbocycles. The summed E-state index contributed by atoms with van der Waals surface area (Å²) < 4.78 is 0. The van der Waals surface area contributed by atoms with Crippen LogP contribution in [0.3, 0.4) is 0 Å². The third-order valence-corrected chi connectivity index (χ3v) is 4.65. The molecule has 1 heterocycles. The molecule has 2 aromatic carbocycles. The molecule has 1 N–H and O–H groups in total. The van der Waals surface area contributed by atoms with Crippen molar-refractivity contribution in [3.05, 3.63) is 73.3 Å². The van der Waals surface area contributed by atoms with E-state index in [1.54, 1.807) is 0 Å². The summed E-state index contributed by atoms with van der Waals surface area (Å²) in [6.45, 7) is 2.74. The molecular formula is C18H14N4O7. The number of hydrogen-bond acceptors (Lipinski definition) is 7. The van der Waals surface area contributed by atoms with E-state index in [1.165, 1.54) is 44.2 Å². The highest BCUT2D eigenvalue weighted by Crippen LogP contribution is 2.32. The summed E-state index contributed by atoms with van der Waals surface area (Å²) >= 11 is 0. The Hall–Kier alpha value is -4.15. The number of anilines is 1. The zero-order valence-corrected chi connectivity index (χ0v) is 15.2. The topological polar surface area (TPSA) is 153 Å². The minimum absolute atomic E-state index is 0.152. The minimum atomic E-state index is -1.30. The molecule has 0 fully saturated rings. The first-order chi connectivity index (χ1) is 13.6. The van der Waals surface area contributed by atoms with Crippen molar-refractivity contribution in [3.8, 4) is 0 Å². The number of nitrogens with zero attached hydrogens (tertiary/aromatic N) is 3. The van der Waals surface area contributed by atoms with E-state index in [4.69, 9.17) is 0 Å². The molecule has 1 aliphatic rings. The maximum atomic E-state index is 12.7. The first kappa shape index (κ1) is 19.6. The van der Waals surface area contributed by atoms with Crippen LogP contribution in [-0.4, -0.2) is 38.5 Å². The smallest absolute Gasteiger partial charge is 0.282 e. The molecule has 0 spiro atoms. The number of nitro benzene ring substituents is 2. The van der Waals surface area contributed by atoms with E-state index < -0.39 is 39.3 Å². The number of carbonyl (C=O) groups is 3. The van der Waals surface area contributed by atoms with Crippen molar-refractivity contribution in [3.63, 3.8) is 0 Å². The number of nitro groups is 2. The largest absolute Gasteiger partial charge is 0.324 e. The number of imide groups is 1. The maximum Gasteiger partial charge on any atom is 0.282 e. The molecule has 0 radical (unpaired) electrons. The average molecular weight is 398 g/mol. The molecule has 0 aromatic heterocycles. The van der Waals surface area contributed by atoms with Gasteiger partial charge in [-0.3, -0.25) is 39.5 Å². The zero-order valence-electron chi connectivity index (χ0n) is 15.2. The Kier molecular flexibility index (Phi) is 4.81. The van der Waals surface area contributed by atoms with Gasteiger partial charge in [-0.05, 0) is 26.0 Å². The highest BCUT2D eigenvalue weighted by atomic mass is 16.6. The first-order valence-electron chi connectivity index (χ1n) is 8.35. The fraction of sp³-hybridized carbons (Fsp3) is 0.167. The summed E-state index contributed by atoms with van der Waals surface area (Å²) in [7, 11) is 0. The van der Waals surface area contributed by atoms with Gasteiger partial charge < -0.3 is 5.32 Å². The van der Waals surface area contributed by atoms with Gasteiger partial charge in [-0.15, -0.1) is 0 Å². The summed E-state index contributed by atoms with van der Waals surface area (Å²) in [4.78, 5) is 59.4. The Morgan fingerprint density at radius 2 is 1.59 bits per heavy atom. The van der Waals surface area contributed by atoms with Gasteiger partial charge >= 0.3 is 0 Å². The van der Waals surface area contributed by atoms with Crippen molar-refractivity contribution in [2.45, 2.75) is 19.9 Å². The van der Waals surface area contributed by atoms with Crippen LogP contribution >= 0.6 is 0 Å². The molecule has 0 bridgehead atoms. The minimum Gasteiger partial charge on any atom is -0.324 e. The quantitative estimate of drug-likeness (QED) is 0.461. The van der Waals surface area contributed by atoms with Crippen LogP contribution < -0.4 is 5.32 Å². The monoisotopic (exact) mass is 398 g/mol. The second kappa shape index (κ2) is 7.11. The lowest BCUT2D eigenvalue weighted by Crippen LogP contribution is -2.45. The molecule has 29 heavy (non-hydrogen) atoms. The standard InChI is InChI=1S/C18H14N4O7/c1-9-12(6-4-7-13(9)21(26)27)19-16(23)10(2)20-17(24)11-5-3-8-14(22(28)29)15(11)18(20)25/h3-8,10H,1-2H3,(H,19,23)/t10-/m0/s1. The van der Waals surface area contributed by atoms with Gasteiger partial charge in [0.05, 0.1) is 26.7 Å². The van der Waals surface area contributed by atoms with E-state index in [9.17, 15) is 34.6 Å². The van der Waals surface area contributed by atoms with E-state index in [1.807, 2.05) is 0 Å². The molecule has 0 saturated carbocycles. The first-order valence-corrected chi connectivity index (χ1v) is 8.35. The molecule has 11 heteroatoms. The lowest BCUT2D eigenvalue weighted by atomic mass is 10.1. The molecule has 3 amide bonds. The van der Waals surface area contributed by atoms with Crippen LogP contribution in [-0.2, 0) is 4.79 Å². The van der Waals surface area contributed by atoms with Crippen molar-refractivity contribution in [1.82, 2.24) is 4.90 Å². The molecule has 0 unspecified atom stereocenters. The predicted molar refractivity (Wildman–Crippen MR) is 99.5 cm³/mol. The van der Waals surface area contributed by atoms with Crippen LogP contribution in [0.15, 0.2) is 36.4 Å². The molecule has 1 aliphatic heterocycles. The van der Waals surface area contributed by atoms with Crippen LogP contribution in [0.5, 0.6) is 0 Å². The second-order valence-corrected chi connectivity index (χ2v) is 6.31. The summed E-state index contributed by atoms with van der Waals surface area (Å²) in [5.41, 5.74) is -0.893. The zero-order chi connectivity index (χ0) is 21.5. The van der Waals surface area contributed by atoms with Crippen LogP contribution in [0.1, 0.15) is 33.2 Å². The normalized spacial score (nSPS) is 13.8. The van der Waals surface area contributed by atoms with Crippen molar-refractivity contribution in [1.29, 1.82) is 0 Å². The van der Waals surface area contributed by atoms with Gasteiger partial charge in [0.2, 0.25) is 5.91 Å². The summed E-state index contributed by atoms with van der Waals surface area (Å²) in [5, 5.41) is 24.7. The molecule has 1 atom stereocenters. The molecule has 11 nitrogen and oxygen atoms in total. The Balaban J connectivity index is 1.90. The number of amides is 3. The Morgan fingerprint density at radius 3 is 2.21 bits per heavy atom. The summed E-state index contributed by atoms with van der Waals surface area (Å²) in [6.07, 6.45) is 0. The lowest BCUT2D eigenvalue weighted by Gasteiger charge is -2.22. The molecular weight excluding hydrogens is 384 g/mol. The van der Waals surface area contributed by atoms with Crippen LogP contribution in [0, 0.1) is 27.2 Å². The van der Waals surface area contributed by atoms with E-state index in [2.05, 4.69) is 5.32 Å². The van der Waals surface area contributed by atoms with Gasteiger partial charge in [0.15, 0.2) is 0 Å². The molecule has 2 aromatic rings. The van der Waals surface area contributed by atoms with Gasteiger partial charge in [0, 0.05) is 12.1 Å². The van der Waals surface area contributed by atoms with Gasteiger partial charge in [0.25, 0.3) is 23.2 Å². The third-order valence-electron chi connectivity index (χ3n) is 4.65. The second-order valence-electron chi connectivity index (χ2n) is 6.31. The maximum absolute atomic E-state index is 12.7. The van der Waals surface area contributed by atoms with Crippen molar-refractivity contribution in [2.24, 2.45) is 0 Å². The van der Waals surface area contributed by atoms with Crippen molar-refractivity contribution >= 4 is 34.8 Å². The number of carbonyl (C=O) groups excluding carboxylic acids is 3. The van der Waals surface area contributed by atoms with E-state index >= 15 is 0 Å². The van der Waals surface area contributed by atoms with Gasteiger partial charge in [-0.25, -0.2) is 0 Å². The highest BCUT2D eigenvalue weighted by Gasteiger charge is 2.44. The molecule has 3 rings (SSSR count). The Morgan fingerprint density at radius 1 is 1.00 bits per heavy atom. The molecule has 0 saturated heterocycles. The summed E-state index contributed by atoms with van der Waals surface area (Å²) in [5.74, 6) is -2.55. The van der Waals surface area contributed by atoms with E-state index in [0.29, 0.717) is 4.90 Å². The average Bonchev–Trinajstić information content (AvgIpc) is 2.93. The number of benzene rings is 2. The van der Waals surface area contributed by atoms with Crippen LogP contribution in [0.2, 0.25) is 0 Å². The van der Waals surface area contributed by atoms with Crippen LogP contribution in [0.25, 0.3) is 0 Å². The predicted octanol–water partition coefficient (Wildman–Crippen LogP) is 2.43. The lowest BCUT2D eigenvalue weighted by molar-refractivity contribution is -0.385. The fourth-order valence-corrected chi connectivity index (χ4v) is 3.10. The summed E-state index contributed by atoms with van der Waals surface area (Å²) in [6, 6.07) is 6.46. The van der Waals surface area contributed by atoms with Crippen molar-refractivity contribution < 1.29 is 24.2 Å². The highest BCUT2D eigenvalue weighted by molar-refractivity contribution is 6.24. The van der Waals surface area contributed by atoms with Gasteiger partial charge in [-0.2, -0.15) is 0 Å². The Bertz CT molecular complexity index is 1100. The SMILES string of the molecule is Cc1c(NC(=O)[C@H](C)N2C(=O)c3cccc([N+](=O)[O-])c3C2=O)cccc1[N+](=O)[O-]. The third kappa shape index (κ3) is 3.18. The van der Waals surface area contributed by atoms with Gasteiger partial charge in [-0.1, -0.05) is 12.1 Å². The van der Waals surface area contributed by atoms with Crippen molar-refractivity contribution in [2.75, 3.05) is 5.32 Å².